The van der Waals surface area contributed by atoms with E-state index in [1.807, 2.05) is 30.3 Å². The van der Waals surface area contributed by atoms with Crippen LogP contribution in [0.25, 0.3) is 17.2 Å². The van der Waals surface area contributed by atoms with Crippen LogP contribution in [0.5, 0.6) is 5.75 Å². The second-order valence-electron chi connectivity index (χ2n) is 5.35. The molecule has 0 spiro atoms. The van der Waals surface area contributed by atoms with Gasteiger partial charge in [0, 0.05) is 16.1 Å². The van der Waals surface area contributed by atoms with Gasteiger partial charge in [-0.1, -0.05) is 41.9 Å². The summed E-state index contributed by atoms with van der Waals surface area (Å²) in [4.78, 5) is 11.3. The molecular weight excluding hydrogens is 369 g/mol. The van der Waals surface area contributed by atoms with E-state index in [9.17, 15) is 23.1 Å². The van der Waals surface area contributed by atoms with Gasteiger partial charge in [0.05, 0.1) is 12.8 Å². The molecule has 0 amide bonds. The first-order chi connectivity index (χ1) is 12.5. The third-order valence-electron chi connectivity index (χ3n) is 3.78. The Labute approximate surface area is 153 Å². The first-order valence-corrected chi connectivity index (χ1v) is 7.97. The molecule has 0 saturated carbocycles. The van der Waals surface area contributed by atoms with E-state index in [-0.39, 0.29) is 11.3 Å². The number of carboxylic acids is 1. The fraction of sp³-hybridized carbons (Fsp3) is 0.211. The average Bonchev–Trinajstić information content (AvgIpc) is 2.68. The van der Waals surface area contributed by atoms with Crippen LogP contribution in [0.4, 0.5) is 13.2 Å². The third kappa shape index (κ3) is 4.02. The number of benzene rings is 2. The smallest absolute Gasteiger partial charge is 0.335 e. The lowest BCUT2D eigenvalue weighted by Gasteiger charge is -2.27. The van der Waals surface area contributed by atoms with Crippen molar-refractivity contribution in [2.45, 2.75) is 12.3 Å². The highest BCUT2D eigenvalue weighted by Crippen LogP contribution is 2.39. The van der Waals surface area contributed by atoms with E-state index in [0.717, 1.165) is 5.56 Å². The zero-order valence-corrected chi connectivity index (χ0v) is 14.5. The lowest BCUT2D eigenvalue weighted by atomic mass is 9.96. The van der Waals surface area contributed by atoms with Crippen LogP contribution in [-0.4, -0.2) is 37.2 Å². The number of rotatable bonds is 4. The molecule has 2 atom stereocenters. The van der Waals surface area contributed by atoms with Crippen molar-refractivity contribution >= 4 is 23.6 Å². The molecule has 1 aliphatic heterocycles. The van der Waals surface area contributed by atoms with Gasteiger partial charge >= 0.3 is 5.97 Å². The predicted octanol–water partition coefficient (Wildman–Crippen LogP) is 5.13. The molecule has 7 heteroatoms. The third-order valence-corrected chi connectivity index (χ3v) is 4.09. The van der Waals surface area contributed by atoms with E-state index >= 15 is 0 Å². The molecule has 1 N–H and O–H groups in total. The summed E-state index contributed by atoms with van der Waals surface area (Å²) in [5, 5.41) is 9.62. The monoisotopic (exact) mass is 384 g/mol. The van der Waals surface area contributed by atoms with Crippen LogP contribution >= 0.6 is 11.6 Å². The number of halogens is 4. The summed E-state index contributed by atoms with van der Waals surface area (Å²) in [6, 6.07) is 12.4. The quantitative estimate of drug-likeness (QED) is 0.795. The van der Waals surface area contributed by atoms with Crippen molar-refractivity contribution in [1.82, 2.24) is 0 Å². The molecule has 2 aromatic carbocycles. The SMILES string of the molecule is CF.O=C(O)C1=Cc2cc(Cl)c(-c3ccccc3)cc2OC1C(F)CF. The first kappa shape index (κ1) is 19.8. The highest BCUT2D eigenvalue weighted by molar-refractivity contribution is 6.33. The molecule has 1 aliphatic rings. The summed E-state index contributed by atoms with van der Waals surface area (Å²) in [6.45, 7) is -1.33. The molecule has 138 valence electrons. The van der Waals surface area contributed by atoms with Crippen molar-refractivity contribution in [3.8, 4) is 16.9 Å². The molecule has 0 aromatic heterocycles. The number of aliphatic carboxylic acids is 1. The zero-order valence-electron chi connectivity index (χ0n) is 13.8. The summed E-state index contributed by atoms with van der Waals surface area (Å²) >= 11 is 6.28. The molecule has 0 fully saturated rings. The molecular formula is C19H16ClF3O3. The molecule has 0 aliphatic carbocycles. The normalized spacial score (nSPS) is 16.3. The molecule has 26 heavy (non-hydrogen) atoms. The second-order valence-corrected chi connectivity index (χ2v) is 5.76. The molecule has 3 rings (SSSR count). The predicted molar refractivity (Wildman–Crippen MR) is 94.8 cm³/mol. The molecule has 0 saturated heterocycles. The maximum Gasteiger partial charge on any atom is 0.335 e. The molecule has 0 bridgehead atoms. The van der Waals surface area contributed by atoms with Gasteiger partial charge < -0.3 is 9.84 Å². The van der Waals surface area contributed by atoms with Crippen LogP contribution in [0.1, 0.15) is 5.56 Å². The van der Waals surface area contributed by atoms with Gasteiger partial charge in [-0.25, -0.2) is 13.6 Å². The van der Waals surface area contributed by atoms with E-state index in [2.05, 4.69) is 0 Å². The minimum absolute atomic E-state index is 0.268. The fourth-order valence-corrected chi connectivity index (χ4v) is 2.89. The van der Waals surface area contributed by atoms with Gasteiger partial charge in [0.2, 0.25) is 0 Å². The van der Waals surface area contributed by atoms with Gasteiger partial charge in [-0.15, -0.1) is 0 Å². The summed E-state index contributed by atoms with van der Waals surface area (Å²) in [6.07, 6.45) is -2.28. The maximum atomic E-state index is 13.8. The highest BCUT2D eigenvalue weighted by Gasteiger charge is 2.35. The molecule has 2 aromatic rings. The summed E-state index contributed by atoms with van der Waals surface area (Å²) < 4.78 is 41.4. The molecule has 3 nitrogen and oxygen atoms in total. The topological polar surface area (TPSA) is 46.5 Å². The van der Waals surface area contributed by atoms with Gasteiger partial charge in [0.15, 0.2) is 12.3 Å². The van der Waals surface area contributed by atoms with Crippen LogP contribution in [0.15, 0.2) is 48.0 Å². The van der Waals surface area contributed by atoms with Crippen LogP contribution in [0.3, 0.4) is 0 Å². The first-order valence-electron chi connectivity index (χ1n) is 7.59. The lowest BCUT2D eigenvalue weighted by molar-refractivity contribution is -0.134. The van der Waals surface area contributed by atoms with Crippen molar-refractivity contribution in [2.24, 2.45) is 0 Å². The van der Waals surface area contributed by atoms with Gasteiger partial charge in [0.25, 0.3) is 0 Å². The van der Waals surface area contributed by atoms with E-state index in [4.69, 9.17) is 16.3 Å². The van der Waals surface area contributed by atoms with Crippen LogP contribution in [0.2, 0.25) is 5.02 Å². The Morgan fingerprint density at radius 1 is 1.27 bits per heavy atom. The average molecular weight is 385 g/mol. The van der Waals surface area contributed by atoms with Crippen molar-refractivity contribution in [2.75, 3.05) is 13.9 Å². The summed E-state index contributed by atoms with van der Waals surface area (Å²) in [7, 11) is 0.500. The van der Waals surface area contributed by atoms with Crippen LogP contribution in [-0.2, 0) is 4.79 Å². The number of carbonyl (C=O) groups is 1. The molecule has 0 radical (unpaired) electrons. The minimum Gasteiger partial charge on any atom is -0.482 e. The van der Waals surface area contributed by atoms with Gasteiger partial charge in [-0.3, -0.25) is 4.39 Å². The molecule has 1 heterocycles. The van der Waals surface area contributed by atoms with Crippen LogP contribution in [0, 0.1) is 0 Å². The Bertz CT molecular complexity index is 809. The Morgan fingerprint density at radius 2 is 1.92 bits per heavy atom. The second kappa shape index (κ2) is 8.76. The highest BCUT2D eigenvalue weighted by atomic mass is 35.5. The van der Waals surface area contributed by atoms with E-state index in [1.165, 1.54) is 6.08 Å². The summed E-state index contributed by atoms with van der Waals surface area (Å²) in [5.41, 5.74) is 1.58. The van der Waals surface area contributed by atoms with Crippen molar-refractivity contribution < 1.29 is 27.8 Å². The minimum atomic E-state index is -2.06. The van der Waals surface area contributed by atoms with Crippen LogP contribution < -0.4 is 4.74 Å². The Morgan fingerprint density at radius 3 is 2.50 bits per heavy atom. The number of carboxylic acid groups (broad SMARTS) is 1. The Balaban J connectivity index is 0.00000117. The summed E-state index contributed by atoms with van der Waals surface area (Å²) in [5.74, 6) is -1.09. The number of fused-ring (bicyclic) bond motifs is 1. The largest absolute Gasteiger partial charge is 0.482 e. The lowest BCUT2D eigenvalue weighted by Crippen LogP contribution is -2.36. The van der Waals surface area contributed by atoms with Crippen molar-refractivity contribution in [3.05, 3.63) is 58.6 Å². The van der Waals surface area contributed by atoms with Crippen molar-refractivity contribution in [1.29, 1.82) is 0 Å². The van der Waals surface area contributed by atoms with Gasteiger partial charge in [0.1, 0.15) is 12.4 Å². The zero-order chi connectivity index (χ0) is 19.3. The standard InChI is InChI=1S/C18H13ClF2O3.CH3F/c19-14-7-11-6-13(18(22)23)17(15(21)9-20)24-16(11)8-12(14)10-4-2-1-3-5-10;1-2/h1-8,15,17H,9H2,(H,22,23);1H3. The molecule has 2 unspecified atom stereocenters. The van der Waals surface area contributed by atoms with Crippen molar-refractivity contribution in [3.63, 3.8) is 0 Å². The Hall–Kier alpha value is -2.47. The van der Waals surface area contributed by atoms with Gasteiger partial charge in [-0.05, 0) is 23.8 Å². The maximum absolute atomic E-state index is 13.8. The van der Waals surface area contributed by atoms with E-state index in [0.29, 0.717) is 23.3 Å². The van der Waals surface area contributed by atoms with E-state index in [1.54, 1.807) is 12.1 Å². The van der Waals surface area contributed by atoms with E-state index < -0.39 is 24.9 Å². The number of hydrogen-bond acceptors (Lipinski definition) is 2. The number of alkyl halides is 3. The fourth-order valence-electron chi connectivity index (χ4n) is 2.61. The Kier molecular flexibility index (Phi) is 6.69. The number of ether oxygens (including phenoxy) is 1. The number of hydrogen-bond donors (Lipinski definition) is 1. The van der Waals surface area contributed by atoms with Gasteiger partial charge in [-0.2, -0.15) is 0 Å².